The molecule has 3 rings (SSSR count). The fourth-order valence-corrected chi connectivity index (χ4v) is 3.65. The number of aromatic nitrogens is 2. The molecule has 1 aliphatic heterocycles. The highest BCUT2D eigenvalue weighted by Gasteiger charge is 2.26. The van der Waals surface area contributed by atoms with Crippen LogP contribution in [-0.4, -0.2) is 41.8 Å². The zero-order valence-corrected chi connectivity index (χ0v) is 17.5. The monoisotopic (exact) mass is 402 g/mol. The van der Waals surface area contributed by atoms with Crippen molar-refractivity contribution >= 4 is 11.8 Å². The summed E-state index contributed by atoms with van der Waals surface area (Å²) in [5, 5.41) is 10.9. The largest absolute Gasteiger partial charge is 0.359 e. The summed E-state index contributed by atoms with van der Waals surface area (Å²) >= 11 is 0. The van der Waals surface area contributed by atoms with E-state index in [1.807, 2.05) is 17.9 Å². The first-order chi connectivity index (χ1) is 14.1. The Morgan fingerprint density at radius 2 is 2.21 bits per heavy atom. The van der Waals surface area contributed by atoms with Crippen LogP contribution in [0.1, 0.15) is 57.4 Å². The summed E-state index contributed by atoms with van der Waals surface area (Å²) in [5.74, 6) is 2.04. The fraction of sp³-hybridized carbons (Fsp3) is 0.571. The van der Waals surface area contributed by atoms with Gasteiger partial charge in [0.25, 0.3) is 0 Å². The summed E-state index contributed by atoms with van der Waals surface area (Å²) in [4.78, 5) is 10.8. The van der Waals surface area contributed by atoms with Crippen molar-refractivity contribution < 1.29 is 8.91 Å². The molecule has 1 fully saturated rings. The average molecular weight is 403 g/mol. The smallest absolute Gasteiger partial charge is 0.191 e. The average Bonchev–Trinajstić information content (AvgIpc) is 3.38. The molecule has 29 heavy (non-hydrogen) atoms. The van der Waals surface area contributed by atoms with Crippen molar-refractivity contribution in [3.05, 3.63) is 41.7 Å². The molecule has 8 heteroatoms. The molecule has 0 saturated carbocycles. The standard InChI is InChI=1S/C21H31FN6O/c1-4-15(5-2)19-12-17(29-27-19)13-25-21(23-6-3)26-16-9-11-28(14-16)20-18(22)8-7-10-24-20/h7-8,10,12,15-16H,4-6,9,11,13-14H2,1-3H3,(H2,23,25,26). The summed E-state index contributed by atoms with van der Waals surface area (Å²) < 4.78 is 19.5. The summed E-state index contributed by atoms with van der Waals surface area (Å²) in [6.45, 7) is 8.97. The number of rotatable bonds is 8. The highest BCUT2D eigenvalue weighted by Crippen LogP contribution is 2.23. The molecule has 0 amide bonds. The molecule has 7 nitrogen and oxygen atoms in total. The lowest BCUT2D eigenvalue weighted by molar-refractivity contribution is 0.372. The lowest BCUT2D eigenvalue weighted by atomic mass is 9.99. The van der Waals surface area contributed by atoms with Gasteiger partial charge in [0, 0.05) is 43.9 Å². The highest BCUT2D eigenvalue weighted by molar-refractivity contribution is 5.80. The fourth-order valence-electron chi connectivity index (χ4n) is 3.65. The Bertz CT molecular complexity index is 804. The molecule has 158 valence electrons. The van der Waals surface area contributed by atoms with Gasteiger partial charge in [-0.15, -0.1) is 0 Å². The Morgan fingerprint density at radius 1 is 1.38 bits per heavy atom. The Labute approximate surface area is 171 Å². The normalized spacial score (nSPS) is 17.2. The molecule has 0 radical (unpaired) electrons. The second-order valence-electron chi connectivity index (χ2n) is 7.31. The van der Waals surface area contributed by atoms with Crippen LogP contribution in [-0.2, 0) is 6.54 Å². The molecule has 2 N–H and O–H groups in total. The molecule has 0 aromatic carbocycles. The third-order valence-electron chi connectivity index (χ3n) is 5.29. The van der Waals surface area contributed by atoms with Crippen LogP contribution in [0.3, 0.4) is 0 Å². The number of halogens is 1. The van der Waals surface area contributed by atoms with E-state index in [2.05, 4.69) is 39.6 Å². The topological polar surface area (TPSA) is 78.6 Å². The van der Waals surface area contributed by atoms with Crippen molar-refractivity contribution in [2.45, 2.75) is 58.5 Å². The van der Waals surface area contributed by atoms with Gasteiger partial charge in [0.1, 0.15) is 6.54 Å². The zero-order valence-electron chi connectivity index (χ0n) is 17.5. The molecule has 0 aliphatic carbocycles. The van der Waals surface area contributed by atoms with Crippen LogP contribution < -0.4 is 15.5 Å². The molecular weight excluding hydrogens is 371 g/mol. The van der Waals surface area contributed by atoms with Crippen molar-refractivity contribution in [1.29, 1.82) is 0 Å². The third-order valence-corrected chi connectivity index (χ3v) is 5.29. The van der Waals surface area contributed by atoms with Crippen LogP contribution in [0.15, 0.2) is 33.9 Å². The van der Waals surface area contributed by atoms with E-state index >= 15 is 0 Å². The number of anilines is 1. The van der Waals surface area contributed by atoms with Crippen LogP contribution in [0.5, 0.6) is 0 Å². The van der Waals surface area contributed by atoms with Gasteiger partial charge >= 0.3 is 0 Å². The predicted octanol–water partition coefficient (Wildman–Crippen LogP) is 3.45. The van der Waals surface area contributed by atoms with E-state index in [4.69, 9.17) is 4.52 Å². The van der Waals surface area contributed by atoms with Gasteiger partial charge in [-0.2, -0.15) is 0 Å². The second-order valence-corrected chi connectivity index (χ2v) is 7.31. The van der Waals surface area contributed by atoms with Gasteiger partial charge < -0.3 is 20.1 Å². The lowest BCUT2D eigenvalue weighted by Gasteiger charge is -2.19. The van der Waals surface area contributed by atoms with E-state index in [1.165, 1.54) is 6.07 Å². The van der Waals surface area contributed by atoms with Gasteiger partial charge in [-0.25, -0.2) is 14.4 Å². The molecule has 3 heterocycles. The van der Waals surface area contributed by atoms with E-state index in [0.717, 1.165) is 49.8 Å². The minimum Gasteiger partial charge on any atom is -0.359 e. The lowest BCUT2D eigenvalue weighted by Crippen LogP contribution is -2.44. The Kier molecular flexibility index (Phi) is 7.43. The molecule has 1 unspecified atom stereocenters. The van der Waals surface area contributed by atoms with Crippen molar-refractivity contribution in [1.82, 2.24) is 20.8 Å². The minimum atomic E-state index is -0.285. The Balaban J connectivity index is 1.59. The number of nitrogens with one attached hydrogen (secondary N) is 2. The first-order valence-electron chi connectivity index (χ1n) is 10.5. The number of hydrogen-bond acceptors (Lipinski definition) is 5. The van der Waals surface area contributed by atoms with Crippen molar-refractivity contribution in [3.8, 4) is 0 Å². The van der Waals surface area contributed by atoms with Gasteiger partial charge in [-0.3, -0.25) is 0 Å². The maximum atomic E-state index is 14.0. The molecular formula is C21H31FN6O. The van der Waals surface area contributed by atoms with Crippen molar-refractivity contribution in [2.24, 2.45) is 4.99 Å². The molecule has 2 aromatic heterocycles. The Morgan fingerprint density at radius 3 is 2.93 bits per heavy atom. The van der Waals surface area contributed by atoms with Crippen molar-refractivity contribution in [2.75, 3.05) is 24.5 Å². The van der Waals surface area contributed by atoms with E-state index in [9.17, 15) is 4.39 Å². The maximum Gasteiger partial charge on any atom is 0.191 e. The highest BCUT2D eigenvalue weighted by atomic mass is 19.1. The first-order valence-corrected chi connectivity index (χ1v) is 10.5. The van der Waals surface area contributed by atoms with Crippen LogP contribution >= 0.6 is 0 Å². The third kappa shape index (κ3) is 5.46. The van der Waals surface area contributed by atoms with Crippen LogP contribution in [0.25, 0.3) is 0 Å². The predicted molar refractivity (Wildman–Crippen MR) is 113 cm³/mol. The molecule has 1 atom stereocenters. The maximum absolute atomic E-state index is 14.0. The van der Waals surface area contributed by atoms with E-state index in [1.54, 1.807) is 12.3 Å². The number of guanidine groups is 1. The zero-order chi connectivity index (χ0) is 20.6. The number of pyridine rings is 1. The number of aliphatic imine (C=N–C) groups is 1. The van der Waals surface area contributed by atoms with Gasteiger partial charge in [0.2, 0.25) is 0 Å². The van der Waals surface area contributed by atoms with Gasteiger partial charge in [0.15, 0.2) is 23.4 Å². The van der Waals surface area contributed by atoms with E-state index < -0.39 is 0 Å². The Hall–Kier alpha value is -2.64. The molecule has 2 aromatic rings. The van der Waals surface area contributed by atoms with Crippen LogP contribution in [0.2, 0.25) is 0 Å². The van der Waals surface area contributed by atoms with E-state index in [0.29, 0.717) is 24.8 Å². The van der Waals surface area contributed by atoms with Crippen LogP contribution in [0, 0.1) is 5.82 Å². The number of hydrogen-bond donors (Lipinski definition) is 2. The molecule has 1 aliphatic rings. The first kappa shape index (κ1) is 21.1. The summed E-state index contributed by atoms with van der Waals surface area (Å²) in [7, 11) is 0. The second kappa shape index (κ2) is 10.2. The minimum absolute atomic E-state index is 0.170. The molecule has 0 spiro atoms. The van der Waals surface area contributed by atoms with Crippen molar-refractivity contribution in [3.63, 3.8) is 0 Å². The SMILES string of the molecule is CCNC(=NCc1cc(C(CC)CC)no1)NC1CCN(c2ncccc2F)C1. The molecule has 0 bridgehead atoms. The van der Waals surface area contributed by atoms with E-state index in [-0.39, 0.29) is 11.9 Å². The van der Waals surface area contributed by atoms with Gasteiger partial charge in [0.05, 0.1) is 5.69 Å². The van der Waals surface area contributed by atoms with Crippen LogP contribution in [0.4, 0.5) is 10.2 Å². The van der Waals surface area contributed by atoms with Gasteiger partial charge in [-0.05, 0) is 38.3 Å². The van der Waals surface area contributed by atoms with Gasteiger partial charge in [-0.1, -0.05) is 19.0 Å². The quantitative estimate of drug-likeness (QED) is 0.520. The number of nitrogens with zero attached hydrogens (tertiary/aromatic N) is 4. The summed E-state index contributed by atoms with van der Waals surface area (Å²) in [6, 6.07) is 5.23. The summed E-state index contributed by atoms with van der Waals surface area (Å²) in [5.41, 5.74) is 1.00. The molecule has 1 saturated heterocycles. The summed E-state index contributed by atoms with van der Waals surface area (Å²) in [6.07, 6.45) is 4.61.